The predicted octanol–water partition coefficient (Wildman–Crippen LogP) is 3.67. The number of hydrogen-bond donors (Lipinski definition) is 1. The highest BCUT2D eigenvalue weighted by Crippen LogP contribution is 2.32. The molecular weight excluding hydrogens is 378 g/mol. The summed E-state index contributed by atoms with van der Waals surface area (Å²) in [6.45, 7) is 6.73. The van der Waals surface area contributed by atoms with Crippen LogP contribution in [0.4, 0.5) is 0 Å². The molecule has 4 aromatic rings. The van der Waals surface area contributed by atoms with Gasteiger partial charge in [-0.25, -0.2) is 4.98 Å². The number of carbonyl (C=O) groups excluding carboxylic acids is 1. The van der Waals surface area contributed by atoms with E-state index in [0.717, 1.165) is 21.4 Å². The molecule has 0 bridgehead atoms. The van der Waals surface area contributed by atoms with Gasteiger partial charge in [0.05, 0.1) is 11.1 Å². The van der Waals surface area contributed by atoms with Gasteiger partial charge in [-0.2, -0.15) is 0 Å². The van der Waals surface area contributed by atoms with Gasteiger partial charge in [-0.05, 0) is 31.9 Å². The second-order valence-electron chi connectivity index (χ2n) is 6.44. The number of aryl methyl sites for hydroxylation is 3. The van der Waals surface area contributed by atoms with Gasteiger partial charge in [-0.1, -0.05) is 41.6 Å². The van der Waals surface area contributed by atoms with Gasteiger partial charge in [0.25, 0.3) is 0 Å². The van der Waals surface area contributed by atoms with Gasteiger partial charge >= 0.3 is 0 Å². The van der Waals surface area contributed by atoms with E-state index in [1.165, 1.54) is 27.8 Å². The van der Waals surface area contributed by atoms with E-state index in [0.29, 0.717) is 11.7 Å². The molecule has 27 heavy (non-hydrogen) atoms. The lowest BCUT2D eigenvalue weighted by Gasteiger charge is -2.05. The quantitative estimate of drug-likeness (QED) is 0.520. The molecule has 6 nitrogen and oxygen atoms in total. The van der Waals surface area contributed by atoms with Gasteiger partial charge in [0.2, 0.25) is 5.91 Å². The highest BCUT2D eigenvalue weighted by atomic mass is 32.2. The van der Waals surface area contributed by atoms with Crippen molar-refractivity contribution in [3.05, 3.63) is 52.2 Å². The second kappa shape index (κ2) is 7.28. The smallest absolute Gasteiger partial charge is 0.230 e. The maximum absolute atomic E-state index is 12.2. The van der Waals surface area contributed by atoms with Crippen molar-refractivity contribution in [2.75, 3.05) is 5.75 Å². The molecule has 4 rings (SSSR count). The zero-order chi connectivity index (χ0) is 19.0. The van der Waals surface area contributed by atoms with E-state index in [2.05, 4.69) is 34.3 Å². The number of thioether (sulfide) groups is 1. The van der Waals surface area contributed by atoms with Crippen LogP contribution in [0.25, 0.3) is 15.9 Å². The fourth-order valence-electron chi connectivity index (χ4n) is 2.81. The molecule has 0 radical (unpaired) electrons. The second-order valence-corrected chi connectivity index (χ2v) is 8.58. The molecule has 0 aliphatic rings. The Morgan fingerprint density at radius 1 is 1.19 bits per heavy atom. The molecule has 8 heteroatoms. The van der Waals surface area contributed by atoms with Gasteiger partial charge in [0.15, 0.2) is 10.8 Å². The summed E-state index contributed by atoms with van der Waals surface area (Å²) in [6.07, 6.45) is 1.74. The zero-order valence-corrected chi connectivity index (χ0v) is 16.9. The summed E-state index contributed by atoms with van der Waals surface area (Å²) in [6, 6.07) is 8.13. The van der Waals surface area contributed by atoms with Crippen molar-refractivity contribution in [1.29, 1.82) is 0 Å². The van der Waals surface area contributed by atoms with Crippen molar-refractivity contribution in [2.24, 2.45) is 0 Å². The lowest BCUT2D eigenvalue weighted by atomic mass is 10.1. The Morgan fingerprint density at radius 2 is 1.96 bits per heavy atom. The van der Waals surface area contributed by atoms with E-state index in [4.69, 9.17) is 0 Å². The van der Waals surface area contributed by atoms with E-state index in [1.807, 2.05) is 35.6 Å². The number of carbonyl (C=O) groups is 1. The molecule has 1 N–H and O–H groups in total. The predicted molar refractivity (Wildman–Crippen MR) is 109 cm³/mol. The van der Waals surface area contributed by atoms with E-state index >= 15 is 0 Å². The van der Waals surface area contributed by atoms with Crippen LogP contribution in [0.3, 0.4) is 0 Å². The van der Waals surface area contributed by atoms with E-state index < -0.39 is 0 Å². The van der Waals surface area contributed by atoms with Crippen LogP contribution in [0.2, 0.25) is 0 Å². The Hall–Kier alpha value is -2.45. The zero-order valence-electron chi connectivity index (χ0n) is 15.3. The Kier molecular flexibility index (Phi) is 4.84. The molecule has 0 unspecified atom stereocenters. The first-order valence-electron chi connectivity index (χ1n) is 8.57. The Labute approximate surface area is 165 Å². The molecule has 0 fully saturated rings. The minimum atomic E-state index is -0.0334. The summed E-state index contributed by atoms with van der Waals surface area (Å²) in [5.41, 5.74) is 4.28. The fraction of sp³-hybridized carbons (Fsp3) is 0.263. The maximum atomic E-state index is 12.2. The summed E-state index contributed by atoms with van der Waals surface area (Å²) in [7, 11) is 0. The largest absolute Gasteiger partial charge is 0.351 e. The summed E-state index contributed by atoms with van der Waals surface area (Å²) < 4.78 is 1.86. The first-order valence-corrected chi connectivity index (χ1v) is 10.4. The first-order chi connectivity index (χ1) is 13.0. The third-order valence-electron chi connectivity index (χ3n) is 4.49. The molecule has 0 aliphatic heterocycles. The number of aromatic nitrogens is 4. The van der Waals surface area contributed by atoms with Crippen LogP contribution in [0.1, 0.15) is 21.6 Å². The van der Waals surface area contributed by atoms with Crippen LogP contribution in [0.15, 0.2) is 35.7 Å². The lowest BCUT2D eigenvalue weighted by molar-refractivity contribution is -0.118. The minimum Gasteiger partial charge on any atom is -0.351 e. The summed E-state index contributed by atoms with van der Waals surface area (Å²) in [5.74, 6) is 0.251. The molecular formula is C19H19N5OS2. The van der Waals surface area contributed by atoms with Gasteiger partial charge < -0.3 is 5.32 Å². The van der Waals surface area contributed by atoms with E-state index in [9.17, 15) is 4.79 Å². The van der Waals surface area contributed by atoms with E-state index in [-0.39, 0.29) is 11.7 Å². The van der Waals surface area contributed by atoms with Crippen molar-refractivity contribution in [2.45, 2.75) is 32.5 Å². The van der Waals surface area contributed by atoms with Crippen LogP contribution in [-0.2, 0) is 11.3 Å². The van der Waals surface area contributed by atoms with Crippen LogP contribution in [-0.4, -0.2) is 31.2 Å². The molecule has 0 spiro atoms. The first kappa shape index (κ1) is 17.9. The van der Waals surface area contributed by atoms with Crippen LogP contribution >= 0.6 is 23.1 Å². The molecule has 0 saturated heterocycles. The number of rotatable bonds is 5. The molecule has 0 aliphatic carbocycles. The van der Waals surface area contributed by atoms with Crippen molar-refractivity contribution >= 4 is 44.9 Å². The molecule has 1 amide bonds. The molecule has 0 saturated carbocycles. The van der Waals surface area contributed by atoms with Crippen LogP contribution in [0.5, 0.6) is 0 Å². The van der Waals surface area contributed by atoms with E-state index in [1.54, 1.807) is 17.7 Å². The third-order valence-corrected chi connectivity index (χ3v) is 6.55. The molecule has 138 valence electrons. The molecule has 0 atom stereocenters. The average Bonchev–Trinajstić information content (AvgIpc) is 3.20. The Morgan fingerprint density at radius 3 is 2.74 bits per heavy atom. The molecule has 1 aromatic carbocycles. The van der Waals surface area contributed by atoms with Gasteiger partial charge in [0, 0.05) is 11.4 Å². The molecule has 3 aromatic heterocycles. The standard InChI is InChI=1S/C19H19N5OS2/c1-11-4-6-14(7-5-11)8-20-15(25)9-26-19-23-22-17-16-12(2)13(3)27-18(16)21-10-24(17)19/h4-7,10H,8-9H2,1-3H3,(H,20,25). The number of benzene rings is 1. The Bertz CT molecular complexity index is 1130. The van der Waals surface area contributed by atoms with Gasteiger partial charge in [0.1, 0.15) is 11.2 Å². The highest BCUT2D eigenvalue weighted by molar-refractivity contribution is 7.99. The minimum absolute atomic E-state index is 0.0334. The maximum Gasteiger partial charge on any atom is 0.230 e. The summed E-state index contributed by atoms with van der Waals surface area (Å²) in [5, 5.41) is 13.2. The topological polar surface area (TPSA) is 72.2 Å². The summed E-state index contributed by atoms with van der Waals surface area (Å²) in [4.78, 5) is 18.9. The molecule has 3 heterocycles. The van der Waals surface area contributed by atoms with Gasteiger partial charge in [-0.3, -0.25) is 9.20 Å². The number of hydrogen-bond acceptors (Lipinski definition) is 6. The number of fused-ring (bicyclic) bond motifs is 3. The van der Waals surface area contributed by atoms with Crippen molar-refractivity contribution in [3.8, 4) is 0 Å². The normalized spacial score (nSPS) is 11.4. The Balaban J connectivity index is 1.45. The van der Waals surface area contributed by atoms with Crippen molar-refractivity contribution < 1.29 is 4.79 Å². The summed E-state index contributed by atoms with van der Waals surface area (Å²) >= 11 is 3.03. The van der Waals surface area contributed by atoms with Gasteiger partial charge in [-0.15, -0.1) is 21.5 Å². The SMILES string of the molecule is Cc1ccc(CNC(=O)CSc2nnc3c4c(C)c(C)sc4ncn23)cc1. The number of thiophene rings is 1. The number of amides is 1. The van der Waals surface area contributed by atoms with Crippen LogP contribution in [0, 0.1) is 20.8 Å². The average molecular weight is 398 g/mol. The van der Waals surface area contributed by atoms with Crippen molar-refractivity contribution in [1.82, 2.24) is 24.9 Å². The lowest BCUT2D eigenvalue weighted by Crippen LogP contribution is -2.24. The fourth-order valence-corrected chi connectivity index (χ4v) is 4.54. The van der Waals surface area contributed by atoms with Crippen molar-refractivity contribution in [3.63, 3.8) is 0 Å². The highest BCUT2D eigenvalue weighted by Gasteiger charge is 2.16. The number of nitrogens with one attached hydrogen (secondary N) is 1. The monoisotopic (exact) mass is 397 g/mol. The number of nitrogens with zero attached hydrogens (tertiary/aromatic N) is 4. The third kappa shape index (κ3) is 3.54. The van der Waals surface area contributed by atoms with Crippen LogP contribution < -0.4 is 5.32 Å².